The van der Waals surface area contributed by atoms with Gasteiger partial charge in [-0.2, -0.15) is 0 Å². The fraction of sp³-hybridized carbons (Fsp3) is 0.667. The molecule has 1 aromatic heterocycles. The molecule has 1 saturated carbocycles. The number of nitrogens with one attached hydrogen (secondary N) is 1. The Morgan fingerprint density at radius 2 is 2.14 bits per heavy atom. The number of aromatic nitrogens is 2. The van der Waals surface area contributed by atoms with E-state index in [4.69, 9.17) is 0 Å². The molecule has 1 N–H and O–H groups in total. The minimum absolute atomic E-state index is 0.0311. The van der Waals surface area contributed by atoms with Gasteiger partial charge in [-0.25, -0.2) is 4.98 Å². The summed E-state index contributed by atoms with van der Waals surface area (Å²) in [6, 6.07) is -0.305. The van der Waals surface area contributed by atoms with Gasteiger partial charge in [-0.1, -0.05) is 12.8 Å². The lowest BCUT2D eigenvalue weighted by Gasteiger charge is -2.25. The van der Waals surface area contributed by atoms with Crippen molar-refractivity contribution in [2.24, 2.45) is 5.92 Å². The van der Waals surface area contributed by atoms with E-state index in [-0.39, 0.29) is 23.8 Å². The van der Waals surface area contributed by atoms with Crippen molar-refractivity contribution in [2.45, 2.75) is 38.3 Å². The van der Waals surface area contributed by atoms with E-state index in [1.165, 1.54) is 0 Å². The number of imidazole rings is 1. The summed E-state index contributed by atoms with van der Waals surface area (Å²) in [6.07, 6.45) is 9.56. The highest BCUT2D eigenvalue weighted by Crippen LogP contribution is 2.30. The Labute approximate surface area is 134 Å². The van der Waals surface area contributed by atoms with Crippen LogP contribution in [0.4, 0.5) is 0 Å². The van der Waals surface area contributed by atoms with Gasteiger partial charge in [0.05, 0.1) is 12.2 Å². The van der Waals surface area contributed by atoms with Gasteiger partial charge < -0.3 is 14.8 Å². The Morgan fingerprint density at radius 1 is 1.32 bits per heavy atom. The zero-order chi connectivity index (χ0) is 15.4. The summed E-state index contributed by atoms with van der Waals surface area (Å²) in [5.74, 6) is 1.64. The van der Waals surface area contributed by atoms with Gasteiger partial charge in [0.15, 0.2) is 0 Å². The molecule has 120 valence electrons. The Morgan fingerprint density at radius 3 is 2.86 bits per heavy atom. The Balaban J connectivity index is 1.50. The monoisotopic (exact) mass is 322 g/mol. The van der Waals surface area contributed by atoms with Gasteiger partial charge in [-0.05, 0) is 12.8 Å². The average Bonchev–Trinajstić information content (AvgIpc) is 3.26. The van der Waals surface area contributed by atoms with E-state index in [0.29, 0.717) is 24.7 Å². The quantitative estimate of drug-likeness (QED) is 0.881. The summed E-state index contributed by atoms with van der Waals surface area (Å²) in [4.78, 5) is 30.7. The summed E-state index contributed by atoms with van der Waals surface area (Å²) in [5, 5.41) is 2.94. The lowest BCUT2D eigenvalue weighted by Crippen LogP contribution is -2.49. The average molecular weight is 322 g/mol. The molecule has 2 aliphatic rings. The molecule has 1 atom stereocenters. The van der Waals surface area contributed by atoms with Gasteiger partial charge in [-0.3, -0.25) is 9.59 Å². The van der Waals surface area contributed by atoms with E-state index < -0.39 is 0 Å². The number of carbonyl (C=O) groups excluding carboxylic acids is 2. The predicted molar refractivity (Wildman–Crippen MR) is 85.2 cm³/mol. The van der Waals surface area contributed by atoms with Crippen LogP contribution in [0.5, 0.6) is 0 Å². The number of carbonyl (C=O) groups is 2. The molecular weight excluding hydrogens is 300 g/mol. The summed E-state index contributed by atoms with van der Waals surface area (Å²) in [5.41, 5.74) is 0. The fourth-order valence-electron chi connectivity index (χ4n) is 3.13. The first-order valence-corrected chi connectivity index (χ1v) is 9.03. The lowest BCUT2D eigenvalue weighted by atomic mass is 10.1. The standard InChI is InChI=1S/C15H22N4O2S/c20-14(17-6-8-18-7-5-16-10-18)13-9-22-11-19(13)15(21)12-3-1-2-4-12/h5,7,10,12-13H,1-4,6,8-9,11H2,(H,17,20). The number of rotatable bonds is 5. The Hall–Kier alpha value is -1.50. The van der Waals surface area contributed by atoms with Crippen LogP contribution in [-0.2, 0) is 16.1 Å². The molecule has 1 aliphatic carbocycles. The van der Waals surface area contributed by atoms with E-state index in [2.05, 4.69) is 10.3 Å². The van der Waals surface area contributed by atoms with Gasteiger partial charge in [0.25, 0.3) is 0 Å². The van der Waals surface area contributed by atoms with Gasteiger partial charge >= 0.3 is 0 Å². The molecule has 3 rings (SSSR count). The molecule has 2 fully saturated rings. The molecule has 1 saturated heterocycles. The van der Waals surface area contributed by atoms with Crippen molar-refractivity contribution in [3.05, 3.63) is 18.7 Å². The smallest absolute Gasteiger partial charge is 0.243 e. The summed E-state index contributed by atoms with van der Waals surface area (Å²) in [6.45, 7) is 1.25. The maximum atomic E-state index is 12.5. The second-order valence-corrected chi connectivity index (χ2v) is 6.90. The SMILES string of the molecule is O=C(NCCn1ccnc1)C1CSCN1C(=O)C1CCCC1. The molecule has 1 aliphatic heterocycles. The number of hydrogen-bond donors (Lipinski definition) is 1. The largest absolute Gasteiger partial charge is 0.352 e. The van der Waals surface area contributed by atoms with Gasteiger partial charge in [0, 0.05) is 37.2 Å². The molecule has 1 unspecified atom stereocenters. The molecule has 0 bridgehead atoms. The van der Waals surface area contributed by atoms with E-state index in [0.717, 1.165) is 25.7 Å². The van der Waals surface area contributed by atoms with Gasteiger partial charge in [0.1, 0.15) is 6.04 Å². The van der Waals surface area contributed by atoms with Gasteiger partial charge in [-0.15, -0.1) is 11.8 Å². The van der Waals surface area contributed by atoms with Crippen LogP contribution in [0.2, 0.25) is 0 Å². The van der Waals surface area contributed by atoms with Crippen LogP contribution in [0.15, 0.2) is 18.7 Å². The van der Waals surface area contributed by atoms with Crippen molar-refractivity contribution in [1.29, 1.82) is 0 Å². The lowest BCUT2D eigenvalue weighted by molar-refractivity contribution is -0.141. The van der Waals surface area contributed by atoms with Crippen molar-refractivity contribution in [3.63, 3.8) is 0 Å². The molecule has 2 amide bonds. The third-order valence-corrected chi connectivity index (χ3v) is 5.41. The molecule has 0 radical (unpaired) electrons. The van der Waals surface area contributed by atoms with Crippen molar-refractivity contribution in [1.82, 2.24) is 19.8 Å². The predicted octanol–water partition coefficient (Wildman–Crippen LogP) is 1.09. The summed E-state index contributed by atoms with van der Waals surface area (Å²) in [7, 11) is 0. The molecule has 0 spiro atoms. The molecule has 6 nitrogen and oxygen atoms in total. The van der Waals surface area contributed by atoms with Crippen LogP contribution >= 0.6 is 11.8 Å². The maximum Gasteiger partial charge on any atom is 0.243 e. The Kier molecular flexibility index (Phi) is 5.02. The van der Waals surface area contributed by atoms with Gasteiger partial charge in [0.2, 0.25) is 11.8 Å². The van der Waals surface area contributed by atoms with Crippen molar-refractivity contribution in [2.75, 3.05) is 18.2 Å². The van der Waals surface area contributed by atoms with Crippen LogP contribution in [0.25, 0.3) is 0 Å². The zero-order valence-electron chi connectivity index (χ0n) is 12.6. The molecular formula is C15H22N4O2S. The molecule has 0 aromatic carbocycles. The van der Waals surface area contributed by atoms with Crippen molar-refractivity contribution in [3.8, 4) is 0 Å². The number of hydrogen-bond acceptors (Lipinski definition) is 4. The fourth-order valence-corrected chi connectivity index (χ4v) is 4.29. The third-order valence-electron chi connectivity index (χ3n) is 4.40. The highest BCUT2D eigenvalue weighted by molar-refractivity contribution is 7.99. The second kappa shape index (κ2) is 7.17. The van der Waals surface area contributed by atoms with Crippen LogP contribution in [0.3, 0.4) is 0 Å². The topological polar surface area (TPSA) is 67.2 Å². The Bertz CT molecular complexity index is 514. The van der Waals surface area contributed by atoms with E-state index >= 15 is 0 Å². The number of amides is 2. The second-order valence-electron chi connectivity index (χ2n) is 5.90. The van der Waals surface area contributed by atoms with E-state index in [1.807, 2.05) is 10.8 Å². The number of nitrogens with zero attached hydrogens (tertiary/aromatic N) is 3. The highest BCUT2D eigenvalue weighted by Gasteiger charge is 2.38. The zero-order valence-corrected chi connectivity index (χ0v) is 13.4. The minimum Gasteiger partial charge on any atom is -0.352 e. The number of thioether (sulfide) groups is 1. The first-order chi connectivity index (χ1) is 10.8. The van der Waals surface area contributed by atoms with Crippen molar-refractivity contribution < 1.29 is 9.59 Å². The summed E-state index contributed by atoms with van der Waals surface area (Å²) >= 11 is 1.67. The van der Waals surface area contributed by atoms with Crippen LogP contribution in [-0.4, -0.2) is 50.5 Å². The first kappa shape index (κ1) is 15.4. The maximum absolute atomic E-state index is 12.5. The normalized spacial score (nSPS) is 22.2. The molecule has 2 heterocycles. The highest BCUT2D eigenvalue weighted by atomic mass is 32.2. The van der Waals surface area contributed by atoms with E-state index in [9.17, 15) is 9.59 Å². The van der Waals surface area contributed by atoms with Crippen LogP contribution < -0.4 is 5.32 Å². The molecule has 1 aromatic rings. The van der Waals surface area contributed by atoms with E-state index in [1.54, 1.807) is 29.2 Å². The van der Waals surface area contributed by atoms with Crippen LogP contribution in [0, 0.1) is 5.92 Å². The third kappa shape index (κ3) is 3.45. The van der Waals surface area contributed by atoms with Crippen molar-refractivity contribution >= 4 is 23.6 Å². The molecule has 22 heavy (non-hydrogen) atoms. The minimum atomic E-state index is -0.305. The summed E-state index contributed by atoms with van der Waals surface area (Å²) < 4.78 is 1.92. The first-order valence-electron chi connectivity index (χ1n) is 7.87. The molecule has 7 heteroatoms. The van der Waals surface area contributed by atoms with Crippen LogP contribution in [0.1, 0.15) is 25.7 Å².